The summed E-state index contributed by atoms with van der Waals surface area (Å²) >= 11 is 0. The van der Waals surface area contributed by atoms with E-state index in [0.717, 1.165) is 5.56 Å². The van der Waals surface area contributed by atoms with Gasteiger partial charge in [-0.3, -0.25) is 4.79 Å². The summed E-state index contributed by atoms with van der Waals surface area (Å²) in [5.74, 6) is -1.00. The molecule has 2 aromatic rings. The van der Waals surface area contributed by atoms with Gasteiger partial charge in [-0.2, -0.15) is 13.2 Å². The topological polar surface area (TPSA) is 110 Å². The minimum absolute atomic E-state index is 0.0195. The molecule has 0 spiro atoms. The molecule has 1 fully saturated rings. The first-order valence-electron chi connectivity index (χ1n) is 11.5. The Bertz CT molecular complexity index is 1330. The molecule has 1 amide bonds. The number of nitrogens with zero attached hydrogens (tertiary/aromatic N) is 1. The number of amides is 1. The molecule has 7 nitrogen and oxygen atoms in total. The van der Waals surface area contributed by atoms with Gasteiger partial charge >= 0.3 is 6.18 Å². The summed E-state index contributed by atoms with van der Waals surface area (Å²) < 4.78 is 90.4. The van der Waals surface area contributed by atoms with E-state index in [-0.39, 0.29) is 22.6 Å². The third-order valence-electron chi connectivity index (χ3n) is 6.31. The van der Waals surface area contributed by atoms with E-state index >= 15 is 0 Å². The maximum Gasteiger partial charge on any atom is 0.417 e. The molecule has 1 aliphatic carbocycles. The van der Waals surface area contributed by atoms with Gasteiger partial charge in [-0.25, -0.2) is 21.8 Å². The zero-order valence-electron chi connectivity index (χ0n) is 20.2. The summed E-state index contributed by atoms with van der Waals surface area (Å²) in [6.07, 6.45) is -2.43. The number of pyridine rings is 1. The van der Waals surface area contributed by atoms with Crippen molar-refractivity contribution >= 4 is 25.6 Å². The van der Waals surface area contributed by atoms with Crippen LogP contribution in [0, 0.1) is 12.8 Å². The van der Waals surface area contributed by atoms with Gasteiger partial charge in [-0.1, -0.05) is 12.1 Å². The van der Waals surface area contributed by atoms with Crippen LogP contribution in [0.4, 0.5) is 13.2 Å². The molecule has 198 valence electrons. The molecule has 1 aromatic heterocycles. The molecule has 0 saturated heterocycles. The largest absolute Gasteiger partial charge is 0.417 e. The fourth-order valence-electron chi connectivity index (χ4n) is 4.18. The van der Waals surface area contributed by atoms with E-state index in [1.807, 2.05) is 13.0 Å². The molecule has 12 heteroatoms. The summed E-state index contributed by atoms with van der Waals surface area (Å²) in [7, 11) is -7.69. The van der Waals surface area contributed by atoms with Crippen molar-refractivity contribution in [3.8, 4) is 0 Å². The van der Waals surface area contributed by atoms with Gasteiger partial charge in [0.05, 0.1) is 26.4 Å². The SMILES string of the molecule is Cc1cccc(S(=O)(=O)C[C@H]2CC[C@H](NC(=O)c3ncc(C(F)(F)F)cc3S(=O)(=O)C(C)C)CC2)c1. The first kappa shape index (κ1) is 28.1. The van der Waals surface area contributed by atoms with Gasteiger partial charge in [0.1, 0.15) is 5.69 Å². The number of carbonyl (C=O) groups excluding carboxylic acids is 1. The summed E-state index contributed by atoms with van der Waals surface area (Å²) in [4.78, 5) is 16.0. The molecule has 1 aromatic carbocycles. The summed E-state index contributed by atoms with van der Waals surface area (Å²) in [6, 6.07) is 6.77. The first-order valence-corrected chi connectivity index (χ1v) is 14.7. The fourth-order valence-corrected chi connectivity index (χ4v) is 7.20. The quantitative estimate of drug-likeness (QED) is 0.553. The number of rotatable bonds is 7. The van der Waals surface area contributed by atoms with Crippen LogP contribution >= 0.6 is 0 Å². The van der Waals surface area contributed by atoms with E-state index < -0.39 is 53.2 Å². The molecule has 0 atom stereocenters. The molecule has 0 unspecified atom stereocenters. The van der Waals surface area contributed by atoms with Crippen molar-refractivity contribution in [2.24, 2.45) is 5.92 Å². The van der Waals surface area contributed by atoms with Gasteiger partial charge in [0.15, 0.2) is 19.7 Å². The minimum atomic E-state index is -4.82. The van der Waals surface area contributed by atoms with Crippen molar-refractivity contribution < 1.29 is 34.8 Å². The van der Waals surface area contributed by atoms with Crippen LogP contribution in [0.5, 0.6) is 0 Å². The Morgan fingerprint density at radius 3 is 2.28 bits per heavy atom. The van der Waals surface area contributed by atoms with Crippen molar-refractivity contribution in [2.45, 2.75) is 73.7 Å². The number of alkyl halides is 3. The third kappa shape index (κ3) is 6.44. The van der Waals surface area contributed by atoms with Gasteiger partial charge in [0.2, 0.25) is 0 Å². The molecule has 0 radical (unpaired) electrons. The number of aryl methyl sites for hydroxylation is 1. The Morgan fingerprint density at radius 1 is 1.08 bits per heavy atom. The van der Waals surface area contributed by atoms with Gasteiger partial charge in [-0.15, -0.1) is 0 Å². The summed E-state index contributed by atoms with van der Waals surface area (Å²) in [6.45, 7) is 4.43. The molecule has 36 heavy (non-hydrogen) atoms. The van der Waals surface area contributed by atoms with Gasteiger partial charge < -0.3 is 5.32 Å². The van der Waals surface area contributed by atoms with Crippen molar-refractivity contribution in [1.82, 2.24) is 10.3 Å². The number of carbonyl (C=O) groups is 1. The molecule has 1 aliphatic rings. The van der Waals surface area contributed by atoms with Crippen LogP contribution in [0.25, 0.3) is 0 Å². The number of hydrogen-bond donors (Lipinski definition) is 1. The zero-order chi connectivity index (χ0) is 26.9. The normalized spacial score (nSPS) is 19.3. The van der Waals surface area contributed by atoms with Crippen molar-refractivity contribution in [1.29, 1.82) is 0 Å². The summed E-state index contributed by atoms with van der Waals surface area (Å²) in [5.41, 5.74) is -0.993. The predicted molar refractivity (Wildman–Crippen MR) is 128 cm³/mol. The highest BCUT2D eigenvalue weighted by atomic mass is 32.2. The van der Waals surface area contributed by atoms with Crippen molar-refractivity contribution in [3.63, 3.8) is 0 Å². The molecule has 1 N–H and O–H groups in total. The monoisotopic (exact) mass is 546 g/mol. The van der Waals surface area contributed by atoms with E-state index in [1.165, 1.54) is 13.8 Å². The Morgan fingerprint density at radius 2 is 1.72 bits per heavy atom. The van der Waals surface area contributed by atoms with Crippen LogP contribution in [0.3, 0.4) is 0 Å². The zero-order valence-corrected chi connectivity index (χ0v) is 21.8. The second kappa shape index (κ2) is 10.5. The fraction of sp³-hybridized carbons (Fsp3) is 0.500. The molecule has 0 bridgehead atoms. The van der Waals surface area contributed by atoms with Crippen LogP contribution in [0.2, 0.25) is 0 Å². The smallest absolute Gasteiger partial charge is 0.348 e. The molecule has 3 rings (SSSR count). The number of nitrogens with one attached hydrogen (secondary N) is 1. The summed E-state index contributed by atoms with van der Waals surface area (Å²) in [5, 5.41) is 1.62. The minimum Gasteiger partial charge on any atom is -0.348 e. The van der Waals surface area contributed by atoms with Gasteiger partial charge in [0.25, 0.3) is 5.91 Å². The number of halogens is 3. The van der Waals surface area contributed by atoms with E-state index in [9.17, 15) is 34.8 Å². The van der Waals surface area contributed by atoms with Gasteiger partial charge in [0, 0.05) is 12.2 Å². The first-order chi connectivity index (χ1) is 16.6. The lowest BCUT2D eigenvalue weighted by molar-refractivity contribution is -0.138. The van der Waals surface area contributed by atoms with Crippen LogP contribution < -0.4 is 5.32 Å². The number of hydrogen-bond acceptors (Lipinski definition) is 6. The Hall–Kier alpha value is -2.47. The van der Waals surface area contributed by atoms with E-state index in [4.69, 9.17) is 0 Å². The lowest BCUT2D eigenvalue weighted by atomic mass is 9.87. The highest BCUT2D eigenvalue weighted by Crippen LogP contribution is 2.32. The Kier molecular flexibility index (Phi) is 8.19. The van der Waals surface area contributed by atoms with Crippen LogP contribution in [-0.2, 0) is 25.9 Å². The maximum atomic E-state index is 13.2. The number of sulfone groups is 2. The second-order valence-electron chi connectivity index (χ2n) is 9.45. The van der Waals surface area contributed by atoms with Gasteiger partial charge in [-0.05, 0) is 76.1 Å². The van der Waals surface area contributed by atoms with Crippen LogP contribution in [-0.4, -0.2) is 44.8 Å². The maximum absolute atomic E-state index is 13.2. The number of aromatic nitrogens is 1. The average molecular weight is 547 g/mol. The predicted octanol–water partition coefficient (Wildman–Crippen LogP) is 4.35. The van der Waals surface area contributed by atoms with E-state index in [1.54, 1.807) is 18.2 Å². The molecular weight excluding hydrogens is 517 g/mol. The lowest BCUT2D eigenvalue weighted by Crippen LogP contribution is -2.39. The Balaban J connectivity index is 1.71. The lowest BCUT2D eigenvalue weighted by Gasteiger charge is -2.29. The third-order valence-corrected chi connectivity index (χ3v) is 10.4. The Labute approximate surface area is 209 Å². The highest BCUT2D eigenvalue weighted by molar-refractivity contribution is 7.92. The van der Waals surface area contributed by atoms with Crippen LogP contribution in [0.1, 0.15) is 61.1 Å². The van der Waals surface area contributed by atoms with E-state index in [2.05, 4.69) is 10.3 Å². The molecule has 1 heterocycles. The van der Waals surface area contributed by atoms with Crippen molar-refractivity contribution in [2.75, 3.05) is 5.75 Å². The standard InChI is InChI=1S/C24H29F3N2O5S2/c1-15(2)36(33,34)21-12-18(24(25,26)27)13-28-22(21)23(30)29-19-9-7-17(8-10-19)14-35(31,32)20-6-4-5-16(3)11-20/h4-6,11-13,15,17,19H,7-10,14H2,1-3H3,(H,29,30)/t17-,19-. The highest BCUT2D eigenvalue weighted by Gasteiger charge is 2.36. The number of benzene rings is 1. The molecular formula is C24H29F3N2O5S2. The molecule has 1 saturated carbocycles. The van der Waals surface area contributed by atoms with Crippen molar-refractivity contribution in [3.05, 3.63) is 53.3 Å². The average Bonchev–Trinajstić information content (AvgIpc) is 2.79. The molecule has 0 aliphatic heterocycles. The van der Waals surface area contributed by atoms with E-state index in [0.29, 0.717) is 37.9 Å². The second-order valence-corrected chi connectivity index (χ2v) is 14.0. The van der Waals surface area contributed by atoms with Crippen LogP contribution in [0.15, 0.2) is 46.3 Å².